The Hall–Kier alpha value is -2.55. The highest BCUT2D eigenvalue weighted by Crippen LogP contribution is 2.28. The zero-order valence-corrected chi connectivity index (χ0v) is 14.9. The summed E-state index contributed by atoms with van der Waals surface area (Å²) >= 11 is 0. The molecule has 0 bridgehead atoms. The van der Waals surface area contributed by atoms with Gasteiger partial charge in [0.25, 0.3) is 10.0 Å². The van der Waals surface area contributed by atoms with Gasteiger partial charge >= 0.3 is 6.18 Å². The van der Waals surface area contributed by atoms with E-state index in [1.54, 1.807) is 6.07 Å². The van der Waals surface area contributed by atoms with Crippen molar-refractivity contribution in [1.82, 2.24) is 0 Å². The first-order chi connectivity index (χ1) is 12.2. The fourth-order valence-electron chi connectivity index (χ4n) is 2.23. The Balaban J connectivity index is 2.55. The molecule has 2 aromatic rings. The summed E-state index contributed by atoms with van der Waals surface area (Å²) < 4.78 is 73.4. The topological polar surface area (TPSA) is 59.0 Å². The molecule has 0 radical (unpaired) electrons. The number of benzene rings is 2. The molecule has 0 N–H and O–H groups in total. The maximum Gasteiger partial charge on any atom is 0.450 e. The molecule has 0 aliphatic rings. The number of ether oxygens (including phenoxy) is 1. The Morgan fingerprint density at radius 3 is 2.12 bits per heavy atom. The third-order valence-corrected chi connectivity index (χ3v) is 4.74. The number of hydrogen-bond acceptors (Lipinski definition) is 3. The molecule has 0 aromatic heterocycles. The smallest absolute Gasteiger partial charge is 0.450 e. The molecule has 0 fully saturated rings. The molecule has 0 atom stereocenters. The number of amidine groups is 1. The van der Waals surface area contributed by atoms with Gasteiger partial charge in [0.15, 0.2) is 0 Å². The van der Waals surface area contributed by atoms with Crippen LogP contribution < -0.4 is 9.64 Å². The molecular formula is C17H17F3N2O3S. The number of rotatable bonds is 5. The lowest BCUT2D eigenvalue weighted by Gasteiger charge is -2.26. The van der Waals surface area contributed by atoms with Crippen molar-refractivity contribution in [3.63, 3.8) is 0 Å². The number of hydrogen-bond donors (Lipinski definition) is 0. The number of nitrogens with zero attached hydrogens (tertiary/aromatic N) is 2. The van der Waals surface area contributed by atoms with Crippen molar-refractivity contribution in [2.45, 2.75) is 18.0 Å². The zero-order valence-electron chi connectivity index (χ0n) is 14.1. The molecule has 0 saturated carbocycles. The minimum Gasteiger partial charge on any atom is -0.497 e. The van der Waals surface area contributed by atoms with Crippen molar-refractivity contribution in [3.8, 4) is 5.75 Å². The van der Waals surface area contributed by atoms with Crippen LogP contribution in [0.1, 0.15) is 6.92 Å². The molecular weight excluding hydrogens is 369 g/mol. The minimum absolute atomic E-state index is 0.130. The van der Waals surface area contributed by atoms with Gasteiger partial charge in [0, 0.05) is 12.2 Å². The molecule has 0 aliphatic carbocycles. The van der Waals surface area contributed by atoms with Crippen molar-refractivity contribution in [1.29, 1.82) is 0 Å². The third-order valence-electron chi connectivity index (χ3n) is 3.46. The summed E-state index contributed by atoms with van der Waals surface area (Å²) in [6, 6.07) is 12.5. The van der Waals surface area contributed by atoms with Crippen molar-refractivity contribution < 1.29 is 26.3 Å². The van der Waals surface area contributed by atoms with E-state index >= 15 is 0 Å². The first-order valence-corrected chi connectivity index (χ1v) is 9.02. The molecule has 0 spiro atoms. The molecule has 0 unspecified atom stereocenters. The maximum atomic E-state index is 13.6. The molecule has 5 nitrogen and oxygen atoms in total. The van der Waals surface area contributed by atoms with Crippen LogP contribution in [0.5, 0.6) is 5.75 Å². The number of alkyl halides is 3. The second kappa shape index (κ2) is 7.77. The van der Waals surface area contributed by atoms with Crippen LogP contribution in [0.15, 0.2) is 63.9 Å². The number of sulfonamides is 1. The fraction of sp³-hybridized carbons (Fsp3) is 0.235. The van der Waals surface area contributed by atoms with Gasteiger partial charge < -0.3 is 9.64 Å². The van der Waals surface area contributed by atoms with E-state index in [2.05, 4.69) is 4.40 Å². The van der Waals surface area contributed by atoms with Crippen LogP contribution in [0, 0.1) is 0 Å². The first kappa shape index (κ1) is 19.8. The Labute approximate surface area is 149 Å². The number of anilines is 1. The lowest BCUT2D eigenvalue weighted by molar-refractivity contribution is -0.0600. The molecule has 0 saturated heterocycles. The van der Waals surface area contributed by atoms with E-state index in [9.17, 15) is 21.6 Å². The van der Waals surface area contributed by atoms with Gasteiger partial charge in [-0.15, -0.1) is 4.40 Å². The molecule has 9 heteroatoms. The van der Waals surface area contributed by atoms with Crippen molar-refractivity contribution in [2.75, 3.05) is 18.6 Å². The molecule has 0 heterocycles. The average Bonchev–Trinajstić information content (AvgIpc) is 2.62. The molecule has 0 aliphatic heterocycles. The number of methoxy groups -OCH3 is 1. The highest BCUT2D eigenvalue weighted by Gasteiger charge is 2.41. The van der Waals surface area contributed by atoms with Crippen LogP contribution in [0.3, 0.4) is 0 Å². The van der Waals surface area contributed by atoms with Crippen LogP contribution in [-0.4, -0.2) is 34.1 Å². The Bertz CT molecular complexity index is 864. The van der Waals surface area contributed by atoms with E-state index in [-0.39, 0.29) is 17.1 Å². The Kier molecular flexibility index (Phi) is 5.91. The van der Waals surface area contributed by atoms with Crippen LogP contribution in [0.25, 0.3) is 0 Å². The van der Waals surface area contributed by atoms with Gasteiger partial charge in [0.1, 0.15) is 5.75 Å². The van der Waals surface area contributed by atoms with Gasteiger partial charge in [0.05, 0.1) is 12.0 Å². The van der Waals surface area contributed by atoms with Crippen molar-refractivity contribution in [2.24, 2.45) is 4.40 Å². The van der Waals surface area contributed by atoms with Crippen molar-refractivity contribution in [3.05, 3.63) is 54.6 Å². The third kappa shape index (κ3) is 4.54. The highest BCUT2D eigenvalue weighted by atomic mass is 32.2. The molecule has 2 aromatic carbocycles. The van der Waals surface area contributed by atoms with Crippen LogP contribution in [0.4, 0.5) is 18.9 Å². The fourth-order valence-corrected chi connectivity index (χ4v) is 3.27. The van der Waals surface area contributed by atoms with E-state index in [4.69, 9.17) is 4.74 Å². The van der Waals surface area contributed by atoms with E-state index < -0.39 is 22.0 Å². The van der Waals surface area contributed by atoms with Crippen LogP contribution in [-0.2, 0) is 10.0 Å². The van der Waals surface area contributed by atoms with E-state index in [1.807, 2.05) is 0 Å². The van der Waals surface area contributed by atoms with Crippen LogP contribution >= 0.6 is 0 Å². The lowest BCUT2D eigenvalue weighted by Crippen LogP contribution is -2.42. The van der Waals surface area contributed by atoms with Gasteiger partial charge in [-0.2, -0.15) is 21.6 Å². The average molecular weight is 386 g/mol. The summed E-state index contributed by atoms with van der Waals surface area (Å²) in [4.78, 5) is 0.479. The summed E-state index contributed by atoms with van der Waals surface area (Å²) in [7, 11) is -3.08. The Morgan fingerprint density at radius 1 is 1.08 bits per heavy atom. The summed E-state index contributed by atoms with van der Waals surface area (Å²) in [5, 5.41) is 0. The van der Waals surface area contributed by atoms with Gasteiger partial charge in [0.2, 0.25) is 5.84 Å². The van der Waals surface area contributed by atoms with Gasteiger partial charge in [-0.25, -0.2) is 0 Å². The maximum absolute atomic E-state index is 13.6. The SMILES string of the molecule is CCN(/C(=N/S(=O)(=O)c1ccccc1)C(F)(F)F)c1ccc(OC)cc1. The van der Waals surface area contributed by atoms with Gasteiger partial charge in [-0.05, 0) is 43.3 Å². The standard InChI is InChI=1S/C17H17F3N2O3S/c1-3-22(13-9-11-14(25-2)12-10-13)16(17(18,19)20)21-26(23,24)15-7-5-4-6-8-15/h4-12H,3H2,1-2H3/b21-16+. The minimum atomic E-state index is -4.96. The van der Waals surface area contributed by atoms with Gasteiger partial charge in [-0.1, -0.05) is 18.2 Å². The normalized spacial score (nSPS) is 12.7. The molecule has 26 heavy (non-hydrogen) atoms. The van der Waals surface area contributed by atoms with E-state index in [0.717, 1.165) is 4.90 Å². The number of halogens is 3. The summed E-state index contributed by atoms with van der Waals surface area (Å²) in [5.74, 6) is -1.04. The molecule has 0 amide bonds. The monoisotopic (exact) mass is 386 g/mol. The van der Waals surface area contributed by atoms with E-state index in [1.165, 1.54) is 62.6 Å². The van der Waals surface area contributed by atoms with E-state index in [0.29, 0.717) is 5.75 Å². The second-order valence-electron chi connectivity index (χ2n) is 5.14. The predicted molar refractivity (Wildman–Crippen MR) is 93.1 cm³/mol. The van der Waals surface area contributed by atoms with Crippen LogP contribution in [0.2, 0.25) is 0 Å². The lowest BCUT2D eigenvalue weighted by atomic mass is 10.2. The molecule has 140 valence electrons. The summed E-state index contributed by atoms with van der Waals surface area (Å²) in [5.41, 5.74) is 0.146. The highest BCUT2D eigenvalue weighted by molar-refractivity contribution is 7.90. The zero-order chi connectivity index (χ0) is 19.4. The summed E-state index contributed by atoms with van der Waals surface area (Å²) in [6.07, 6.45) is -4.96. The summed E-state index contributed by atoms with van der Waals surface area (Å²) in [6.45, 7) is 1.34. The Morgan fingerprint density at radius 2 is 1.65 bits per heavy atom. The quantitative estimate of drug-likeness (QED) is 0.578. The van der Waals surface area contributed by atoms with Crippen molar-refractivity contribution >= 4 is 21.5 Å². The second-order valence-corrected chi connectivity index (χ2v) is 6.75. The van der Waals surface area contributed by atoms with Gasteiger partial charge in [-0.3, -0.25) is 0 Å². The first-order valence-electron chi connectivity index (χ1n) is 7.58. The predicted octanol–water partition coefficient (Wildman–Crippen LogP) is 3.87. The molecule has 2 rings (SSSR count). The largest absolute Gasteiger partial charge is 0.497 e.